The summed E-state index contributed by atoms with van der Waals surface area (Å²) in [6.45, 7) is 7.92. The molecule has 0 aromatic heterocycles. The van der Waals surface area contributed by atoms with Crippen molar-refractivity contribution in [3.63, 3.8) is 0 Å². The number of ether oxygens (including phenoxy) is 1. The lowest BCUT2D eigenvalue weighted by Crippen LogP contribution is -2.20. The summed E-state index contributed by atoms with van der Waals surface area (Å²) in [7, 11) is 0. The van der Waals surface area contributed by atoms with E-state index in [0.717, 1.165) is 38.2 Å². The summed E-state index contributed by atoms with van der Waals surface area (Å²) in [6.07, 6.45) is 3.12. The molecule has 0 bridgehead atoms. The van der Waals surface area contributed by atoms with E-state index in [1.165, 1.54) is 5.56 Å². The van der Waals surface area contributed by atoms with Gasteiger partial charge in [0, 0.05) is 12.5 Å². The van der Waals surface area contributed by atoms with Gasteiger partial charge in [0.1, 0.15) is 5.75 Å². The number of nitrogens with one attached hydrogen (secondary N) is 1. The molecule has 104 valence electrons. The third-order valence-corrected chi connectivity index (χ3v) is 2.98. The Morgan fingerprint density at radius 1 is 1.21 bits per heavy atom. The van der Waals surface area contributed by atoms with E-state index in [1.807, 2.05) is 6.92 Å². The third kappa shape index (κ3) is 5.81. The van der Waals surface area contributed by atoms with Crippen LogP contribution in [0.25, 0.3) is 0 Å². The quantitative estimate of drug-likeness (QED) is 0.564. The van der Waals surface area contributed by atoms with Crippen LogP contribution >= 0.6 is 0 Å². The number of benzene rings is 1. The van der Waals surface area contributed by atoms with Gasteiger partial charge in [0.2, 0.25) is 0 Å². The third-order valence-electron chi connectivity index (χ3n) is 2.98. The highest BCUT2D eigenvalue weighted by Gasteiger charge is 2.08. The Labute approximate surface area is 117 Å². The molecule has 19 heavy (non-hydrogen) atoms. The first kappa shape index (κ1) is 15.6. The lowest BCUT2D eigenvalue weighted by Gasteiger charge is -2.16. The molecule has 1 atom stereocenters. The summed E-state index contributed by atoms with van der Waals surface area (Å²) >= 11 is 0. The van der Waals surface area contributed by atoms with Gasteiger partial charge >= 0.3 is 0 Å². The van der Waals surface area contributed by atoms with E-state index >= 15 is 0 Å². The van der Waals surface area contributed by atoms with Crippen LogP contribution in [0.2, 0.25) is 0 Å². The second kappa shape index (κ2) is 9.47. The predicted molar refractivity (Wildman–Crippen MR) is 81.3 cm³/mol. The summed E-state index contributed by atoms with van der Waals surface area (Å²) in [5.41, 5.74) is 1.27. The minimum atomic E-state index is 0.308. The Hall–Kier alpha value is -1.46. The standard InChI is InChI=1S/C17H25NO/c1-4-7-9-17(18-6-3)15-10-12-16(13-11-15)19-14-8-5-2/h10-13,17-18H,5-6,8-9,14H2,1-3H3. The highest BCUT2D eigenvalue weighted by Crippen LogP contribution is 2.20. The maximum Gasteiger partial charge on any atom is 0.119 e. The Morgan fingerprint density at radius 3 is 2.53 bits per heavy atom. The van der Waals surface area contributed by atoms with Crippen molar-refractivity contribution in [2.45, 2.75) is 46.1 Å². The van der Waals surface area contributed by atoms with Gasteiger partial charge in [-0.3, -0.25) is 0 Å². The highest BCUT2D eigenvalue weighted by atomic mass is 16.5. The summed E-state index contributed by atoms with van der Waals surface area (Å²) in [5, 5.41) is 3.46. The van der Waals surface area contributed by atoms with E-state index in [9.17, 15) is 0 Å². The van der Waals surface area contributed by atoms with E-state index in [2.05, 4.69) is 55.3 Å². The van der Waals surface area contributed by atoms with Crippen molar-refractivity contribution in [3.05, 3.63) is 29.8 Å². The van der Waals surface area contributed by atoms with Gasteiger partial charge in [0.15, 0.2) is 0 Å². The highest BCUT2D eigenvalue weighted by molar-refractivity contribution is 5.30. The minimum Gasteiger partial charge on any atom is -0.494 e. The van der Waals surface area contributed by atoms with Gasteiger partial charge in [-0.25, -0.2) is 0 Å². The van der Waals surface area contributed by atoms with E-state index in [4.69, 9.17) is 4.74 Å². The molecule has 0 amide bonds. The molecule has 0 spiro atoms. The summed E-state index contributed by atoms with van der Waals surface area (Å²) < 4.78 is 5.67. The minimum absolute atomic E-state index is 0.308. The number of hydrogen-bond acceptors (Lipinski definition) is 2. The molecule has 0 heterocycles. The fourth-order valence-electron chi connectivity index (χ4n) is 1.89. The molecule has 0 aliphatic rings. The smallest absolute Gasteiger partial charge is 0.119 e. The van der Waals surface area contributed by atoms with Gasteiger partial charge in [-0.2, -0.15) is 0 Å². The topological polar surface area (TPSA) is 21.3 Å². The molecule has 0 saturated carbocycles. The molecule has 0 saturated heterocycles. The molecule has 1 rings (SSSR count). The van der Waals surface area contributed by atoms with Crippen molar-refractivity contribution >= 4 is 0 Å². The number of unbranched alkanes of at least 4 members (excludes halogenated alkanes) is 1. The summed E-state index contributed by atoms with van der Waals surface area (Å²) in [5.74, 6) is 7.05. The van der Waals surface area contributed by atoms with Crippen LogP contribution in [0.3, 0.4) is 0 Å². The molecule has 0 aliphatic heterocycles. The monoisotopic (exact) mass is 259 g/mol. The average molecular weight is 259 g/mol. The molecule has 1 unspecified atom stereocenters. The number of hydrogen-bond donors (Lipinski definition) is 1. The van der Waals surface area contributed by atoms with Crippen LogP contribution in [0, 0.1) is 11.8 Å². The molecule has 0 radical (unpaired) electrons. The van der Waals surface area contributed by atoms with Gasteiger partial charge in [0.05, 0.1) is 6.61 Å². The van der Waals surface area contributed by atoms with E-state index in [0.29, 0.717) is 6.04 Å². The van der Waals surface area contributed by atoms with Crippen LogP contribution in [0.15, 0.2) is 24.3 Å². The van der Waals surface area contributed by atoms with Gasteiger partial charge in [-0.05, 0) is 37.6 Å². The molecule has 0 aliphatic carbocycles. The first-order valence-electron chi connectivity index (χ1n) is 7.17. The molecule has 1 aromatic rings. The largest absolute Gasteiger partial charge is 0.494 e. The van der Waals surface area contributed by atoms with Crippen molar-refractivity contribution in [2.75, 3.05) is 13.2 Å². The molecular formula is C17H25NO. The zero-order valence-electron chi connectivity index (χ0n) is 12.3. The van der Waals surface area contributed by atoms with Crippen LogP contribution in [-0.2, 0) is 0 Å². The van der Waals surface area contributed by atoms with Crippen molar-refractivity contribution in [1.29, 1.82) is 0 Å². The molecule has 2 heteroatoms. The van der Waals surface area contributed by atoms with Crippen LogP contribution in [0.4, 0.5) is 0 Å². The van der Waals surface area contributed by atoms with Crippen LogP contribution in [-0.4, -0.2) is 13.2 Å². The summed E-state index contributed by atoms with van der Waals surface area (Å²) in [4.78, 5) is 0. The first-order valence-corrected chi connectivity index (χ1v) is 7.17. The fourth-order valence-corrected chi connectivity index (χ4v) is 1.89. The predicted octanol–water partition coefficient (Wildman–Crippen LogP) is 3.93. The zero-order valence-corrected chi connectivity index (χ0v) is 12.3. The van der Waals surface area contributed by atoms with Crippen molar-refractivity contribution in [2.24, 2.45) is 0 Å². The number of rotatable bonds is 8. The van der Waals surface area contributed by atoms with Crippen molar-refractivity contribution < 1.29 is 4.74 Å². The maximum absolute atomic E-state index is 5.67. The van der Waals surface area contributed by atoms with Crippen LogP contribution in [0.1, 0.15) is 51.6 Å². The zero-order chi connectivity index (χ0) is 13.9. The molecular weight excluding hydrogens is 234 g/mol. The summed E-state index contributed by atoms with van der Waals surface area (Å²) in [6, 6.07) is 8.67. The van der Waals surface area contributed by atoms with Crippen LogP contribution < -0.4 is 10.1 Å². The van der Waals surface area contributed by atoms with E-state index in [1.54, 1.807) is 0 Å². The molecule has 1 aromatic carbocycles. The SMILES string of the molecule is CC#CCC(NCC)c1ccc(OCCCC)cc1. The van der Waals surface area contributed by atoms with Gasteiger partial charge in [-0.1, -0.05) is 32.4 Å². The lowest BCUT2D eigenvalue weighted by atomic mass is 10.0. The second-order valence-corrected chi connectivity index (χ2v) is 4.51. The molecule has 1 N–H and O–H groups in total. The maximum atomic E-state index is 5.67. The Balaban J connectivity index is 2.62. The normalized spacial score (nSPS) is 11.5. The van der Waals surface area contributed by atoms with Gasteiger partial charge < -0.3 is 10.1 Å². The van der Waals surface area contributed by atoms with E-state index in [-0.39, 0.29) is 0 Å². The first-order chi connectivity index (χ1) is 9.31. The van der Waals surface area contributed by atoms with Crippen LogP contribution in [0.5, 0.6) is 5.75 Å². The molecule has 2 nitrogen and oxygen atoms in total. The Kier molecular flexibility index (Phi) is 7.77. The lowest BCUT2D eigenvalue weighted by molar-refractivity contribution is 0.309. The van der Waals surface area contributed by atoms with Gasteiger partial charge in [-0.15, -0.1) is 11.8 Å². The van der Waals surface area contributed by atoms with E-state index < -0.39 is 0 Å². The van der Waals surface area contributed by atoms with Crippen molar-refractivity contribution in [3.8, 4) is 17.6 Å². The Bertz CT molecular complexity index is 400. The Morgan fingerprint density at radius 2 is 1.95 bits per heavy atom. The second-order valence-electron chi connectivity index (χ2n) is 4.51. The molecule has 0 fully saturated rings. The average Bonchev–Trinajstić information content (AvgIpc) is 2.45. The van der Waals surface area contributed by atoms with Crippen molar-refractivity contribution in [1.82, 2.24) is 5.32 Å². The van der Waals surface area contributed by atoms with Gasteiger partial charge in [0.25, 0.3) is 0 Å². The fraction of sp³-hybridized carbons (Fsp3) is 0.529.